The summed E-state index contributed by atoms with van der Waals surface area (Å²) in [6.07, 6.45) is -5.00. The normalized spacial score (nSPS) is 17.0. The van der Waals surface area contributed by atoms with E-state index < -0.39 is 23.7 Å². The van der Waals surface area contributed by atoms with Crippen molar-refractivity contribution in [3.8, 4) is 11.5 Å². The number of halogens is 3. The Hall–Kier alpha value is -5.15. The highest BCUT2D eigenvalue weighted by Gasteiger charge is 2.38. The van der Waals surface area contributed by atoms with Crippen LogP contribution >= 0.6 is 0 Å². The van der Waals surface area contributed by atoms with Gasteiger partial charge in [-0.05, 0) is 29.7 Å². The number of methoxy groups -OCH3 is 2. The first-order valence-electron chi connectivity index (χ1n) is 16.2. The maximum absolute atomic E-state index is 14.1. The third-order valence-electron chi connectivity index (χ3n) is 9.04. The Bertz CT molecular complexity index is 1710. The number of carbonyl (C=O) groups excluding carboxylic acids is 1. The average Bonchev–Trinajstić information content (AvgIpc) is 3.07. The summed E-state index contributed by atoms with van der Waals surface area (Å²) in [6.45, 7) is 11.2. The molecule has 2 amide bonds. The molecule has 0 aliphatic carbocycles. The molecule has 0 bridgehead atoms. The Kier molecular flexibility index (Phi) is 10.4. The SMILES string of the molecule is COc1cc(N2CCN(C(=O)O)C(C(C)(C)C)C2)ccc1Nc1ncc(C(F)(F)F)c(Nc2ccc(N3CCN(C(C)=O)CC3)cc2OC)n1. The Morgan fingerprint density at radius 2 is 1.42 bits per heavy atom. The molecule has 1 unspecified atom stereocenters. The van der Waals surface area contributed by atoms with Crippen molar-refractivity contribution in [2.45, 2.75) is 39.9 Å². The van der Waals surface area contributed by atoms with Crippen LogP contribution in [0.2, 0.25) is 0 Å². The maximum atomic E-state index is 14.1. The predicted octanol–water partition coefficient (Wildman–Crippen LogP) is 5.88. The van der Waals surface area contributed by atoms with Crippen LogP contribution in [0, 0.1) is 5.41 Å². The van der Waals surface area contributed by atoms with Gasteiger partial charge in [0.1, 0.15) is 22.9 Å². The zero-order valence-corrected chi connectivity index (χ0v) is 29.0. The summed E-state index contributed by atoms with van der Waals surface area (Å²) < 4.78 is 53.6. The molecule has 5 rings (SSSR count). The van der Waals surface area contributed by atoms with E-state index >= 15 is 0 Å². The first-order chi connectivity index (χ1) is 23.6. The fourth-order valence-electron chi connectivity index (χ4n) is 6.22. The van der Waals surface area contributed by atoms with Gasteiger partial charge >= 0.3 is 12.3 Å². The van der Waals surface area contributed by atoms with E-state index in [1.54, 1.807) is 35.2 Å². The van der Waals surface area contributed by atoms with Crippen LogP contribution in [0.5, 0.6) is 11.5 Å². The molecule has 3 N–H and O–H groups in total. The van der Waals surface area contributed by atoms with Gasteiger partial charge in [-0.1, -0.05) is 20.8 Å². The molecule has 50 heavy (non-hydrogen) atoms. The van der Waals surface area contributed by atoms with Crippen molar-refractivity contribution in [1.29, 1.82) is 0 Å². The molecule has 2 aliphatic heterocycles. The Morgan fingerprint density at radius 3 is 1.94 bits per heavy atom. The number of anilines is 6. The topological polar surface area (TPSA) is 136 Å². The molecule has 2 aromatic carbocycles. The predicted molar refractivity (Wildman–Crippen MR) is 184 cm³/mol. The number of rotatable bonds is 8. The molecular formula is C34H43F3N8O5. The molecule has 16 heteroatoms. The summed E-state index contributed by atoms with van der Waals surface area (Å²) in [7, 11) is 2.91. The molecule has 2 fully saturated rings. The third-order valence-corrected chi connectivity index (χ3v) is 9.04. The van der Waals surface area contributed by atoms with Gasteiger partial charge in [0.15, 0.2) is 0 Å². The second-order valence-corrected chi connectivity index (χ2v) is 13.3. The first kappa shape index (κ1) is 36.1. The number of hydrogen-bond acceptors (Lipinski definition) is 10. The maximum Gasteiger partial charge on any atom is 0.421 e. The van der Waals surface area contributed by atoms with Gasteiger partial charge in [-0.25, -0.2) is 9.78 Å². The summed E-state index contributed by atoms with van der Waals surface area (Å²) in [6, 6.07) is 10.2. The Morgan fingerprint density at radius 1 is 0.860 bits per heavy atom. The molecule has 13 nitrogen and oxygen atoms in total. The number of hydrogen-bond donors (Lipinski definition) is 3. The highest BCUT2D eigenvalue weighted by Crippen LogP contribution is 2.39. The van der Waals surface area contributed by atoms with Gasteiger partial charge in [0.25, 0.3) is 0 Å². The Balaban J connectivity index is 1.37. The number of benzene rings is 2. The smallest absolute Gasteiger partial charge is 0.421 e. The van der Waals surface area contributed by atoms with Crippen LogP contribution in [-0.2, 0) is 11.0 Å². The summed E-state index contributed by atoms with van der Waals surface area (Å²) in [5, 5.41) is 15.5. The van der Waals surface area contributed by atoms with Gasteiger partial charge in [-0.2, -0.15) is 18.2 Å². The molecule has 2 aliphatic rings. The van der Waals surface area contributed by atoms with Crippen molar-refractivity contribution in [3.63, 3.8) is 0 Å². The number of nitrogens with zero attached hydrogens (tertiary/aromatic N) is 6. The largest absolute Gasteiger partial charge is 0.494 e. The number of carboxylic acid groups (broad SMARTS) is 1. The second-order valence-electron chi connectivity index (χ2n) is 13.3. The van der Waals surface area contributed by atoms with E-state index in [1.807, 2.05) is 26.8 Å². The van der Waals surface area contributed by atoms with Crippen LogP contribution in [-0.4, -0.2) is 103 Å². The summed E-state index contributed by atoms with van der Waals surface area (Å²) in [5.74, 6) is 0.145. The van der Waals surface area contributed by atoms with E-state index in [1.165, 1.54) is 26.0 Å². The molecule has 1 atom stereocenters. The molecule has 2 saturated heterocycles. The van der Waals surface area contributed by atoms with Gasteiger partial charge < -0.3 is 44.8 Å². The van der Waals surface area contributed by atoms with E-state index in [4.69, 9.17) is 9.47 Å². The van der Waals surface area contributed by atoms with Gasteiger partial charge in [0, 0.05) is 82.4 Å². The second kappa shape index (κ2) is 14.4. The van der Waals surface area contributed by atoms with Crippen LogP contribution in [0.25, 0.3) is 0 Å². The summed E-state index contributed by atoms with van der Waals surface area (Å²) in [5.41, 5.74) is 0.944. The zero-order chi connectivity index (χ0) is 36.4. The van der Waals surface area contributed by atoms with Crippen molar-refractivity contribution in [3.05, 3.63) is 48.2 Å². The molecule has 3 heterocycles. The first-order valence-corrected chi connectivity index (χ1v) is 16.2. The van der Waals surface area contributed by atoms with Crippen LogP contribution in [0.4, 0.5) is 52.5 Å². The zero-order valence-electron chi connectivity index (χ0n) is 29.0. The van der Waals surface area contributed by atoms with E-state index in [-0.39, 0.29) is 29.0 Å². The number of piperazine rings is 2. The van der Waals surface area contributed by atoms with Gasteiger partial charge in [0.2, 0.25) is 11.9 Å². The third kappa shape index (κ3) is 8.00. The van der Waals surface area contributed by atoms with Crippen molar-refractivity contribution < 1.29 is 37.3 Å². The van der Waals surface area contributed by atoms with Crippen molar-refractivity contribution in [2.24, 2.45) is 5.41 Å². The molecule has 270 valence electrons. The lowest BCUT2D eigenvalue weighted by molar-refractivity contribution is -0.137. The van der Waals surface area contributed by atoms with E-state index in [0.717, 1.165) is 11.4 Å². The van der Waals surface area contributed by atoms with E-state index in [9.17, 15) is 27.9 Å². The fraction of sp³-hybridized carbons (Fsp3) is 0.471. The number of amides is 2. The minimum absolute atomic E-state index is 0.0129. The lowest BCUT2D eigenvalue weighted by Gasteiger charge is -2.46. The number of alkyl halides is 3. The van der Waals surface area contributed by atoms with E-state index in [0.29, 0.717) is 69.2 Å². The van der Waals surface area contributed by atoms with Crippen LogP contribution in [0.3, 0.4) is 0 Å². The molecule has 0 saturated carbocycles. The molecule has 1 aromatic heterocycles. The van der Waals surface area contributed by atoms with E-state index in [2.05, 4.69) is 30.4 Å². The van der Waals surface area contributed by atoms with Crippen molar-refractivity contribution in [1.82, 2.24) is 19.8 Å². The van der Waals surface area contributed by atoms with Gasteiger partial charge in [0.05, 0.1) is 31.6 Å². The lowest BCUT2D eigenvalue weighted by Crippen LogP contribution is -2.59. The molecule has 0 spiro atoms. The number of aromatic nitrogens is 2. The van der Waals surface area contributed by atoms with Crippen molar-refractivity contribution >= 4 is 46.5 Å². The molecule has 3 aromatic rings. The lowest BCUT2D eigenvalue weighted by atomic mass is 9.84. The van der Waals surface area contributed by atoms with Gasteiger partial charge in [-0.15, -0.1) is 0 Å². The van der Waals surface area contributed by atoms with Crippen molar-refractivity contribution in [2.75, 3.05) is 80.5 Å². The van der Waals surface area contributed by atoms with Gasteiger partial charge in [-0.3, -0.25) is 4.79 Å². The average molecular weight is 701 g/mol. The molecular weight excluding hydrogens is 657 g/mol. The molecule has 0 radical (unpaired) electrons. The van der Waals surface area contributed by atoms with Crippen LogP contribution < -0.4 is 29.9 Å². The highest BCUT2D eigenvalue weighted by molar-refractivity contribution is 5.75. The van der Waals surface area contributed by atoms with Crippen LogP contribution in [0.1, 0.15) is 33.3 Å². The summed E-state index contributed by atoms with van der Waals surface area (Å²) in [4.78, 5) is 39.2. The highest BCUT2D eigenvalue weighted by atomic mass is 19.4. The monoisotopic (exact) mass is 700 g/mol. The quantitative estimate of drug-likeness (QED) is 0.260. The minimum atomic E-state index is -4.75. The number of nitrogens with one attached hydrogen (secondary N) is 2. The van der Waals surface area contributed by atoms with Crippen LogP contribution in [0.15, 0.2) is 42.6 Å². The standard InChI is InChI=1S/C34H43F3N8O5/c1-21(46)42-11-13-43(14-12-42)22-7-9-25(27(17-22)49-5)39-30-24(34(35,36)37)19-38-31(41-30)40-26-10-8-23(18-28(26)50-6)44-15-16-45(32(47)48)29(20-44)33(2,3)4/h7-10,17-19,29H,11-16,20H2,1-6H3,(H,47,48)(H2,38,39,40,41). The number of ether oxygens (including phenoxy) is 2. The fourth-order valence-corrected chi connectivity index (χ4v) is 6.22. The minimum Gasteiger partial charge on any atom is -0.494 e. The number of carbonyl (C=O) groups is 2. The summed E-state index contributed by atoms with van der Waals surface area (Å²) >= 11 is 0. The Labute approximate surface area is 289 Å².